The highest BCUT2D eigenvalue weighted by Crippen LogP contribution is 2.42. The monoisotopic (exact) mass is 396 g/mol. The normalized spacial score (nSPS) is 15.7. The number of rotatable bonds is 4. The largest absolute Gasteiger partial charge is 0.497 e. The summed E-state index contributed by atoms with van der Waals surface area (Å²) in [6, 6.07) is 14.1. The van der Waals surface area contributed by atoms with Crippen LogP contribution in [0.2, 0.25) is 0 Å². The Morgan fingerprint density at radius 1 is 1.07 bits per heavy atom. The highest BCUT2D eigenvalue weighted by atomic mass is 32.1. The Morgan fingerprint density at radius 3 is 2.43 bits per heavy atom. The number of hydrogen-bond acceptors (Lipinski definition) is 5. The van der Waals surface area contributed by atoms with Crippen molar-refractivity contribution in [3.05, 3.63) is 52.9 Å². The summed E-state index contributed by atoms with van der Waals surface area (Å²) in [5, 5.41) is 4.23. The van der Waals surface area contributed by atoms with Crippen molar-refractivity contribution in [1.29, 1.82) is 0 Å². The smallest absolute Gasteiger partial charge is 0.264 e. The molecule has 0 spiro atoms. The van der Waals surface area contributed by atoms with Crippen molar-refractivity contribution in [2.24, 2.45) is 0 Å². The predicted molar refractivity (Wildman–Crippen MR) is 114 cm³/mol. The van der Waals surface area contributed by atoms with E-state index in [1.807, 2.05) is 30.3 Å². The average molecular weight is 397 g/mol. The van der Waals surface area contributed by atoms with E-state index in [0.29, 0.717) is 13.1 Å². The van der Waals surface area contributed by atoms with Crippen LogP contribution in [0.1, 0.15) is 29.1 Å². The van der Waals surface area contributed by atoms with E-state index in [0.717, 1.165) is 32.1 Å². The summed E-state index contributed by atoms with van der Waals surface area (Å²) < 4.78 is 11.8. The van der Waals surface area contributed by atoms with Crippen LogP contribution in [-0.4, -0.2) is 32.2 Å². The summed E-state index contributed by atoms with van der Waals surface area (Å²) in [7, 11) is 3.33. The molecule has 2 aromatic carbocycles. The number of fused-ring (bicyclic) bond motifs is 3. The highest BCUT2D eigenvalue weighted by Gasteiger charge is 2.34. The van der Waals surface area contributed by atoms with Crippen molar-refractivity contribution in [2.75, 3.05) is 25.7 Å². The van der Waals surface area contributed by atoms with Gasteiger partial charge < -0.3 is 19.7 Å². The molecular formula is C22H24N2O3S. The number of nitrogens with one attached hydrogen (secondary N) is 1. The number of nitrogens with zero attached hydrogens (tertiary/aromatic N) is 1. The molecule has 1 aromatic heterocycles. The SMILES string of the molecule is COc1ccc(CN2CC(C)(C)NC(=O)c3sc4ccc(OC)cc4c32)cc1. The van der Waals surface area contributed by atoms with Crippen LogP contribution < -0.4 is 19.7 Å². The van der Waals surface area contributed by atoms with Gasteiger partial charge in [0.1, 0.15) is 16.4 Å². The molecule has 6 heteroatoms. The summed E-state index contributed by atoms with van der Waals surface area (Å²) in [6.07, 6.45) is 0. The number of thiophene rings is 1. The van der Waals surface area contributed by atoms with Gasteiger partial charge in [0.15, 0.2) is 0 Å². The second-order valence-electron chi connectivity index (χ2n) is 7.68. The van der Waals surface area contributed by atoms with E-state index in [2.05, 4.69) is 36.2 Å². The van der Waals surface area contributed by atoms with Crippen molar-refractivity contribution in [3.8, 4) is 11.5 Å². The number of methoxy groups -OCH3 is 2. The minimum Gasteiger partial charge on any atom is -0.497 e. The lowest BCUT2D eigenvalue weighted by Gasteiger charge is -2.32. The second kappa shape index (κ2) is 7.02. The molecule has 1 N–H and O–H groups in total. The molecular weight excluding hydrogens is 372 g/mol. The molecule has 5 nitrogen and oxygen atoms in total. The Bertz CT molecular complexity index is 1020. The quantitative estimate of drug-likeness (QED) is 0.708. The van der Waals surface area contributed by atoms with Crippen molar-refractivity contribution >= 4 is 33.0 Å². The maximum Gasteiger partial charge on any atom is 0.264 e. The number of ether oxygens (including phenoxy) is 2. The third-order valence-corrected chi connectivity index (χ3v) is 6.12. The van der Waals surface area contributed by atoms with Gasteiger partial charge in [0.05, 0.1) is 25.4 Å². The average Bonchev–Trinajstić information content (AvgIpc) is 3.02. The molecule has 1 amide bonds. The number of benzene rings is 2. The molecule has 0 saturated heterocycles. The van der Waals surface area contributed by atoms with E-state index in [-0.39, 0.29) is 11.4 Å². The van der Waals surface area contributed by atoms with Gasteiger partial charge in [-0.25, -0.2) is 0 Å². The van der Waals surface area contributed by atoms with Gasteiger partial charge in [-0.2, -0.15) is 0 Å². The van der Waals surface area contributed by atoms with Crippen LogP contribution in [0.3, 0.4) is 0 Å². The first-order valence-corrected chi connectivity index (χ1v) is 10.0. The molecule has 2 heterocycles. The van der Waals surface area contributed by atoms with Gasteiger partial charge in [-0.3, -0.25) is 4.79 Å². The van der Waals surface area contributed by atoms with Crippen LogP contribution in [0.25, 0.3) is 10.1 Å². The molecule has 0 bridgehead atoms. The Hall–Kier alpha value is -2.73. The van der Waals surface area contributed by atoms with Gasteiger partial charge >= 0.3 is 0 Å². The van der Waals surface area contributed by atoms with E-state index in [1.54, 1.807) is 14.2 Å². The van der Waals surface area contributed by atoms with Crippen LogP contribution in [0.4, 0.5) is 5.69 Å². The number of anilines is 1. The zero-order valence-electron chi connectivity index (χ0n) is 16.5. The molecule has 1 aliphatic rings. The Kier molecular flexibility index (Phi) is 4.67. The van der Waals surface area contributed by atoms with Gasteiger partial charge in [0.25, 0.3) is 5.91 Å². The van der Waals surface area contributed by atoms with Gasteiger partial charge in [-0.15, -0.1) is 11.3 Å². The summed E-state index contributed by atoms with van der Waals surface area (Å²) in [4.78, 5) is 16.0. The summed E-state index contributed by atoms with van der Waals surface area (Å²) in [6.45, 7) is 5.54. The summed E-state index contributed by atoms with van der Waals surface area (Å²) in [5.74, 6) is 1.61. The van der Waals surface area contributed by atoms with Crippen molar-refractivity contribution < 1.29 is 14.3 Å². The number of hydrogen-bond donors (Lipinski definition) is 1. The fourth-order valence-corrected chi connectivity index (χ4v) is 4.81. The Balaban J connectivity index is 1.83. The molecule has 28 heavy (non-hydrogen) atoms. The highest BCUT2D eigenvalue weighted by molar-refractivity contribution is 7.21. The first-order chi connectivity index (χ1) is 13.4. The molecule has 146 valence electrons. The zero-order valence-corrected chi connectivity index (χ0v) is 17.4. The van der Waals surface area contributed by atoms with Crippen molar-refractivity contribution in [3.63, 3.8) is 0 Å². The Morgan fingerprint density at radius 2 is 1.75 bits per heavy atom. The lowest BCUT2D eigenvalue weighted by molar-refractivity contribution is 0.0925. The van der Waals surface area contributed by atoms with Gasteiger partial charge in [-0.1, -0.05) is 12.1 Å². The molecule has 0 fully saturated rings. The molecule has 0 atom stereocenters. The van der Waals surface area contributed by atoms with Gasteiger partial charge in [0, 0.05) is 23.2 Å². The van der Waals surface area contributed by atoms with Gasteiger partial charge in [-0.05, 0) is 49.7 Å². The molecule has 0 aliphatic carbocycles. The first-order valence-electron chi connectivity index (χ1n) is 9.21. The van der Waals surface area contributed by atoms with E-state index in [9.17, 15) is 4.79 Å². The maximum atomic E-state index is 13.0. The third kappa shape index (κ3) is 3.40. The van der Waals surface area contributed by atoms with Crippen LogP contribution in [-0.2, 0) is 6.54 Å². The van der Waals surface area contributed by atoms with E-state index in [4.69, 9.17) is 9.47 Å². The van der Waals surface area contributed by atoms with Crippen molar-refractivity contribution in [1.82, 2.24) is 5.32 Å². The fraction of sp³-hybridized carbons (Fsp3) is 0.318. The molecule has 1 aliphatic heterocycles. The number of carbonyl (C=O) groups excluding carboxylic acids is 1. The first kappa shape index (κ1) is 18.6. The molecule has 0 unspecified atom stereocenters. The van der Waals surface area contributed by atoms with Crippen LogP contribution in [0.5, 0.6) is 11.5 Å². The Labute approximate surface area is 168 Å². The van der Waals surface area contributed by atoms with Gasteiger partial charge in [0.2, 0.25) is 0 Å². The topological polar surface area (TPSA) is 50.8 Å². The molecule has 3 aromatic rings. The van der Waals surface area contributed by atoms with Crippen LogP contribution in [0.15, 0.2) is 42.5 Å². The lowest BCUT2D eigenvalue weighted by atomic mass is 10.0. The summed E-state index contributed by atoms with van der Waals surface area (Å²) >= 11 is 1.53. The standard InChI is InChI=1S/C22H24N2O3S/c1-22(2)13-24(12-14-5-7-15(26-3)8-6-14)19-17-11-16(27-4)9-10-18(17)28-20(19)21(25)23-22/h5-11H,12-13H2,1-4H3,(H,23,25). The predicted octanol–water partition coefficient (Wildman–Crippen LogP) is 4.45. The van der Waals surface area contributed by atoms with Crippen LogP contribution in [0, 0.1) is 0 Å². The second-order valence-corrected chi connectivity index (χ2v) is 8.74. The fourth-order valence-electron chi connectivity index (χ4n) is 3.70. The molecule has 0 saturated carbocycles. The van der Waals surface area contributed by atoms with Crippen LogP contribution >= 0.6 is 11.3 Å². The summed E-state index contributed by atoms with van der Waals surface area (Å²) in [5.41, 5.74) is 1.81. The number of carbonyl (C=O) groups is 1. The number of amides is 1. The maximum absolute atomic E-state index is 13.0. The molecule has 4 rings (SSSR count). The van der Waals surface area contributed by atoms with E-state index >= 15 is 0 Å². The van der Waals surface area contributed by atoms with E-state index < -0.39 is 0 Å². The lowest BCUT2D eigenvalue weighted by Crippen LogP contribution is -2.48. The minimum atomic E-state index is -0.340. The van der Waals surface area contributed by atoms with E-state index in [1.165, 1.54) is 16.9 Å². The zero-order chi connectivity index (χ0) is 19.9. The van der Waals surface area contributed by atoms with Crippen molar-refractivity contribution in [2.45, 2.75) is 25.9 Å². The third-order valence-electron chi connectivity index (χ3n) is 4.96. The molecule has 0 radical (unpaired) electrons. The minimum absolute atomic E-state index is 0.0163.